The van der Waals surface area contributed by atoms with Crippen LogP contribution in [-0.2, 0) is 6.42 Å². The zero-order valence-corrected chi connectivity index (χ0v) is 10.0. The molecule has 1 fully saturated rings. The van der Waals surface area contributed by atoms with E-state index in [9.17, 15) is 0 Å². The number of halogens is 1. The van der Waals surface area contributed by atoms with Gasteiger partial charge in [0.05, 0.1) is 0 Å². The van der Waals surface area contributed by atoms with Crippen molar-refractivity contribution in [2.45, 2.75) is 45.1 Å². The van der Waals surface area contributed by atoms with Crippen molar-refractivity contribution in [3.8, 4) is 0 Å². The zero-order valence-electron chi connectivity index (χ0n) is 9.19. The second kappa shape index (κ2) is 5.47. The molecule has 0 bridgehead atoms. The Kier molecular flexibility index (Phi) is 4.54. The summed E-state index contributed by atoms with van der Waals surface area (Å²) in [5.41, 5.74) is 0. The van der Waals surface area contributed by atoms with Gasteiger partial charge in [-0.25, -0.2) is 0 Å². The first-order valence-corrected chi connectivity index (χ1v) is 5.35. The van der Waals surface area contributed by atoms with Crippen molar-refractivity contribution >= 4 is 12.4 Å². The summed E-state index contributed by atoms with van der Waals surface area (Å²) >= 11 is 0. The molecule has 2 atom stereocenters. The highest BCUT2D eigenvalue weighted by molar-refractivity contribution is 5.85. The van der Waals surface area contributed by atoms with Crippen LogP contribution in [0.2, 0.25) is 0 Å². The van der Waals surface area contributed by atoms with Gasteiger partial charge in [0.1, 0.15) is 0 Å². The SMILES string of the molecule is CCc1noc([C@H]2CCN[C@@H](C)C2)n1.Cl. The molecule has 0 aromatic carbocycles. The van der Waals surface area contributed by atoms with Gasteiger partial charge < -0.3 is 9.84 Å². The molecule has 86 valence electrons. The fourth-order valence-corrected chi connectivity index (χ4v) is 1.93. The van der Waals surface area contributed by atoms with E-state index in [1.807, 2.05) is 6.92 Å². The van der Waals surface area contributed by atoms with Crippen LogP contribution in [0.5, 0.6) is 0 Å². The summed E-state index contributed by atoms with van der Waals surface area (Å²) < 4.78 is 5.25. The van der Waals surface area contributed by atoms with Gasteiger partial charge in [0.15, 0.2) is 5.82 Å². The quantitative estimate of drug-likeness (QED) is 0.845. The standard InChI is InChI=1S/C10H17N3O.ClH/c1-3-9-12-10(14-13-9)8-4-5-11-7(2)6-8;/h7-8,11H,3-6H2,1-2H3;1H/t7-,8-;/m0./s1. The number of aromatic nitrogens is 2. The predicted octanol–water partition coefficient (Wildman–Crippen LogP) is 1.91. The third-order valence-corrected chi connectivity index (χ3v) is 2.77. The van der Waals surface area contributed by atoms with Gasteiger partial charge in [-0.2, -0.15) is 4.98 Å². The van der Waals surface area contributed by atoms with E-state index in [0.29, 0.717) is 12.0 Å². The highest BCUT2D eigenvalue weighted by Gasteiger charge is 2.24. The van der Waals surface area contributed by atoms with Gasteiger partial charge in [0.2, 0.25) is 5.89 Å². The first-order valence-electron chi connectivity index (χ1n) is 5.35. The van der Waals surface area contributed by atoms with Gasteiger partial charge in [0, 0.05) is 18.4 Å². The molecule has 15 heavy (non-hydrogen) atoms. The molecule has 0 aliphatic carbocycles. The molecule has 0 saturated carbocycles. The second-order valence-corrected chi connectivity index (χ2v) is 3.98. The fraction of sp³-hybridized carbons (Fsp3) is 0.800. The number of hydrogen-bond donors (Lipinski definition) is 1. The van der Waals surface area contributed by atoms with Crippen LogP contribution in [-0.4, -0.2) is 22.7 Å². The van der Waals surface area contributed by atoms with Crippen LogP contribution in [0.15, 0.2) is 4.52 Å². The summed E-state index contributed by atoms with van der Waals surface area (Å²) in [7, 11) is 0. The van der Waals surface area contributed by atoms with Crippen LogP contribution in [0.4, 0.5) is 0 Å². The Morgan fingerprint density at radius 3 is 2.93 bits per heavy atom. The molecule has 0 amide bonds. The Bertz CT molecular complexity index is 303. The van der Waals surface area contributed by atoms with Gasteiger partial charge in [-0.1, -0.05) is 12.1 Å². The number of rotatable bonds is 2. The third kappa shape index (κ3) is 2.92. The minimum absolute atomic E-state index is 0. The molecule has 0 spiro atoms. The average Bonchev–Trinajstić information content (AvgIpc) is 2.66. The van der Waals surface area contributed by atoms with Crippen molar-refractivity contribution < 1.29 is 4.52 Å². The molecule has 5 heteroatoms. The zero-order chi connectivity index (χ0) is 9.97. The number of piperidine rings is 1. The monoisotopic (exact) mass is 231 g/mol. The molecule has 4 nitrogen and oxygen atoms in total. The summed E-state index contributed by atoms with van der Waals surface area (Å²) in [5, 5.41) is 7.34. The van der Waals surface area contributed by atoms with E-state index in [4.69, 9.17) is 4.52 Å². The lowest BCUT2D eigenvalue weighted by Crippen LogP contribution is -2.34. The lowest BCUT2D eigenvalue weighted by molar-refractivity contribution is 0.294. The molecule has 1 saturated heterocycles. The fourth-order valence-electron chi connectivity index (χ4n) is 1.93. The van der Waals surface area contributed by atoms with E-state index in [1.54, 1.807) is 0 Å². The molecule has 1 aliphatic heterocycles. The Labute approximate surface area is 96.2 Å². The number of nitrogens with zero attached hydrogens (tertiary/aromatic N) is 2. The van der Waals surface area contributed by atoms with E-state index < -0.39 is 0 Å². The summed E-state index contributed by atoms with van der Waals surface area (Å²) in [5.74, 6) is 2.11. The number of aryl methyl sites for hydroxylation is 1. The van der Waals surface area contributed by atoms with Gasteiger partial charge in [-0.3, -0.25) is 0 Å². The topological polar surface area (TPSA) is 51.0 Å². The average molecular weight is 232 g/mol. The number of nitrogens with one attached hydrogen (secondary N) is 1. The lowest BCUT2D eigenvalue weighted by Gasteiger charge is -2.25. The molecule has 1 aliphatic rings. The van der Waals surface area contributed by atoms with Crippen molar-refractivity contribution in [1.29, 1.82) is 0 Å². The minimum atomic E-state index is 0. The van der Waals surface area contributed by atoms with Gasteiger partial charge in [-0.15, -0.1) is 12.4 Å². The smallest absolute Gasteiger partial charge is 0.229 e. The largest absolute Gasteiger partial charge is 0.339 e. The number of hydrogen-bond acceptors (Lipinski definition) is 4. The van der Waals surface area contributed by atoms with Crippen LogP contribution in [0.3, 0.4) is 0 Å². The Morgan fingerprint density at radius 1 is 1.53 bits per heavy atom. The summed E-state index contributed by atoms with van der Waals surface area (Å²) in [6.45, 7) is 5.29. The molecular formula is C10H18ClN3O. The Morgan fingerprint density at radius 2 is 2.33 bits per heavy atom. The van der Waals surface area contributed by atoms with Crippen LogP contribution < -0.4 is 5.32 Å². The maximum absolute atomic E-state index is 5.25. The molecule has 1 aromatic rings. The molecule has 2 rings (SSSR count). The van der Waals surface area contributed by atoms with Crippen LogP contribution in [0.1, 0.15) is 44.3 Å². The van der Waals surface area contributed by atoms with Crippen molar-refractivity contribution in [1.82, 2.24) is 15.5 Å². The van der Waals surface area contributed by atoms with E-state index in [2.05, 4.69) is 22.4 Å². The lowest BCUT2D eigenvalue weighted by atomic mass is 9.93. The van der Waals surface area contributed by atoms with Gasteiger partial charge >= 0.3 is 0 Å². The maximum Gasteiger partial charge on any atom is 0.229 e. The summed E-state index contributed by atoms with van der Waals surface area (Å²) in [4.78, 5) is 4.38. The van der Waals surface area contributed by atoms with Crippen molar-refractivity contribution in [3.63, 3.8) is 0 Å². The highest BCUT2D eigenvalue weighted by Crippen LogP contribution is 2.26. The van der Waals surface area contributed by atoms with E-state index in [1.165, 1.54) is 0 Å². The third-order valence-electron chi connectivity index (χ3n) is 2.77. The van der Waals surface area contributed by atoms with Gasteiger partial charge in [-0.05, 0) is 26.3 Å². The van der Waals surface area contributed by atoms with Gasteiger partial charge in [0.25, 0.3) is 0 Å². The van der Waals surface area contributed by atoms with Crippen LogP contribution in [0.25, 0.3) is 0 Å². The van der Waals surface area contributed by atoms with Crippen molar-refractivity contribution in [2.75, 3.05) is 6.54 Å². The highest BCUT2D eigenvalue weighted by atomic mass is 35.5. The predicted molar refractivity (Wildman–Crippen MR) is 60.4 cm³/mol. The van der Waals surface area contributed by atoms with Crippen LogP contribution >= 0.6 is 12.4 Å². The molecule has 0 radical (unpaired) electrons. The summed E-state index contributed by atoms with van der Waals surface area (Å²) in [6, 6.07) is 0.561. The molecule has 1 N–H and O–H groups in total. The normalized spacial score (nSPS) is 26.0. The first-order chi connectivity index (χ1) is 6.79. The van der Waals surface area contributed by atoms with E-state index in [-0.39, 0.29) is 12.4 Å². The maximum atomic E-state index is 5.25. The van der Waals surface area contributed by atoms with Crippen molar-refractivity contribution in [2.24, 2.45) is 0 Å². The van der Waals surface area contributed by atoms with Crippen molar-refractivity contribution in [3.05, 3.63) is 11.7 Å². The first kappa shape index (κ1) is 12.5. The second-order valence-electron chi connectivity index (χ2n) is 3.98. The van der Waals surface area contributed by atoms with E-state index >= 15 is 0 Å². The molecule has 1 aromatic heterocycles. The molecule has 2 heterocycles. The minimum Gasteiger partial charge on any atom is -0.339 e. The summed E-state index contributed by atoms with van der Waals surface area (Å²) in [6.07, 6.45) is 3.06. The Balaban J connectivity index is 0.00000112. The van der Waals surface area contributed by atoms with Crippen LogP contribution in [0, 0.1) is 0 Å². The Hall–Kier alpha value is -0.610. The molecular weight excluding hydrogens is 214 g/mol. The van der Waals surface area contributed by atoms with E-state index in [0.717, 1.165) is 37.5 Å². The molecule has 0 unspecified atom stereocenters.